The van der Waals surface area contributed by atoms with E-state index in [0.29, 0.717) is 0 Å². The Labute approximate surface area is 124 Å². The van der Waals surface area contributed by atoms with E-state index in [2.05, 4.69) is 22.4 Å². The number of nitrogen functional groups attached to an aromatic ring is 1. The van der Waals surface area contributed by atoms with Gasteiger partial charge in [-0.2, -0.15) is 0 Å². The summed E-state index contributed by atoms with van der Waals surface area (Å²) >= 11 is 0. The smallest absolute Gasteiger partial charge is 0.126 e. The molecule has 21 heavy (non-hydrogen) atoms. The Balaban J connectivity index is 1.75. The molecule has 3 nitrogen and oxygen atoms in total. The average Bonchev–Trinajstić information content (AvgIpc) is 2.55. The third kappa shape index (κ3) is 3.39. The molecule has 104 valence electrons. The number of aromatic nitrogens is 1. The predicted molar refractivity (Wildman–Crippen MR) is 87.9 cm³/mol. The van der Waals surface area contributed by atoms with Crippen molar-refractivity contribution in [1.29, 1.82) is 0 Å². The lowest BCUT2D eigenvalue weighted by Crippen LogP contribution is -2.01. The molecule has 3 rings (SSSR count). The molecule has 0 amide bonds. The van der Waals surface area contributed by atoms with Crippen LogP contribution in [0.5, 0.6) is 0 Å². The number of hydrogen-bond donors (Lipinski definition) is 2. The summed E-state index contributed by atoms with van der Waals surface area (Å²) in [7, 11) is 0. The quantitative estimate of drug-likeness (QED) is 0.709. The van der Waals surface area contributed by atoms with E-state index in [1.54, 1.807) is 0 Å². The molecule has 3 heteroatoms. The minimum Gasteiger partial charge on any atom is -0.399 e. The first-order valence-corrected chi connectivity index (χ1v) is 6.92. The second-order valence-electron chi connectivity index (χ2n) is 4.87. The summed E-state index contributed by atoms with van der Waals surface area (Å²) < 4.78 is 0. The summed E-state index contributed by atoms with van der Waals surface area (Å²) in [4.78, 5) is 4.64. The number of hydrogen-bond acceptors (Lipinski definition) is 3. The lowest BCUT2D eigenvalue weighted by Gasteiger charge is -2.08. The standard InChI is InChI=1S/C18H17N3/c19-16-11-9-15(10-12-16)17-7-4-8-18(21-17)20-13-14-5-2-1-3-6-14/h1-12H,13,19H2,(H,20,21). The van der Waals surface area contributed by atoms with E-state index in [9.17, 15) is 0 Å². The van der Waals surface area contributed by atoms with Gasteiger partial charge in [-0.3, -0.25) is 0 Å². The van der Waals surface area contributed by atoms with Gasteiger partial charge in [0.1, 0.15) is 5.82 Å². The van der Waals surface area contributed by atoms with Crippen molar-refractivity contribution in [1.82, 2.24) is 4.98 Å². The Morgan fingerprint density at radius 1 is 0.810 bits per heavy atom. The highest BCUT2D eigenvalue weighted by atomic mass is 15.0. The van der Waals surface area contributed by atoms with Gasteiger partial charge in [-0.05, 0) is 29.8 Å². The molecule has 0 aliphatic carbocycles. The van der Waals surface area contributed by atoms with Crippen LogP contribution in [0.4, 0.5) is 11.5 Å². The van der Waals surface area contributed by atoms with Gasteiger partial charge in [-0.15, -0.1) is 0 Å². The van der Waals surface area contributed by atoms with Gasteiger partial charge in [0.2, 0.25) is 0 Å². The van der Waals surface area contributed by atoms with Crippen molar-refractivity contribution in [3.05, 3.63) is 78.4 Å². The normalized spacial score (nSPS) is 10.3. The molecule has 2 aromatic carbocycles. The van der Waals surface area contributed by atoms with E-state index >= 15 is 0 Å². The fourth-order valence-corrected chi connectivity index (χ4v) is 2.14. The van der Waals surface area contributed by atoms with E-state index in [0.717, 1.165) is 29.3 Å². The van der Waals surface area contributed by atoms with Gasteiger partial charge >= 0.3 is 0 Å². The van der Waals surface area contributed by atoms with Crippen LogP contribution in [-0.2, 0) is 6.54 Å². The maximum Gasteiger partial charge on any atom is 0.126 e. The molecule has 0 aliphatic rings. The molecular formula is C18H17N3. The second-order valence-corrected chi connectivity index (χ2v) is 4.87. The number of rotatable bonds is 4. The van der Waals surface area contributed by atoms with E-state index < -0.39 is 0 Å². The number of benzene rings is 2. The van der Waals surface area contributed by atoms with Crippen LogP contribution in [-0.4, -0.2) is 4.98 Å². The fourth-order valence-electron chi connectivity index (χ4n) is 2.14. The van der Waals surface area contributed by atoms with Crippen molar-refractivity contribution in [3.8, 4) is 11.3 Å². The number of anilines is 2. The van der Waals surface area contributed by atoms with Crippen LogP contribution in [0.15, 0.2) is 72.8 Å². The summed E-state index contributed by atoms with van der Waals surface area (Å²) in [6.07, 6.45) is 0. The summed E-state index contributed by atoms with van der Waals surface area (Å²) in [6.45, 7) is 0.763. The SMILES string of the molecule is Nc1ccc(-c2cccc(NCc3ccccc3)n2)cc1. The van der Waals surface area contributed by atoms with Gasteiger partial charge < -0.3 is 11.1 Å². The molecule has 3 N–H and O–H groups in total. The van der Waals surface area contributed by atoms with Crippen LogP contribution >= 0.6 is 0 Å². The van der Waals surface area contributed by atoms with Gasteiger partial charge in [-0.1, -0.05) is 48.5 Å². The van der Waals surface area contributed by atoms with Crippen LogP contribution in [0.25, 0.3) is 11.3 Å². The largest absolute Gasteiger partial charge is 0.399 e. The molecule has 0 aliphatic heterocycles. The maximum absolute atomic E-state index is 5.71. The average molecular weight is 275 g/mol. The zero-order valence-corrected chi connectivity index (χ0v) is 11.7. The zero-order chi connectivity index (χ0) is 14.5. The molecule has 0 fully saturated rings. The van der Waals surface area contributed by atoms with Gasteiger partial charge in [0.25, 0.3) is 0 Å². The minimum atomic E-state index is 0.761. The Bertz CT molecular complexity index is 706. The first-order valence-electron chi connectivity index (χ1n) is 6.92. The van der Waals surface area contributed by atoms with Crippen LogP contribution in [0.1, 0.15) is 5.56 Å². The molecule has 0 saturated heterocycles. The molecule has 0 saturated carbocycles. The van der Waals surface area contributed by atoms with Crippen LogP contribution in [0, 0.1) is 0 Å². The Morgan fingerprint density at radius 2 is 1.57 bits per heavy atom. The third-order valence-corrected chi connectivity index (χ3v) is 3.27. The number of nitrogens with zero attached hydrogens (tertiary/aromatic N) is 1. The van der Waals surface area contributed by atoms with Crippen LogP contribution in [0.3, 0.4) is 0 Å². The lowest BCUT2D eigenvalue weighted by atomic mass is 10.1. The van der Waals surface area contributed by atoms with E-state index in [1.165, 1.54) is 5.56 Å². The first kappa shape index (κ1) is 13.2. The number of nitrogens with one attached hydrogen (secondary N) is 1. The maximum atomic E-state index is 5.71. The van der Waals surface area contributed by atoms with Gasteiger partial charge in [-0.25, -0.2) is 4.98 Å². The van der Waals surface area contributed by atoms with E-state index in [4.69, 9.17) is 5.73 Å². The molecule has 1 aromatic heterocycles. The van der Waals surface area contributed by atoms with Crippen molar-refractivity contribution in [2.45, 2.75) is 6.54 Å². The van der Waals surface area contributed by atoms with Crippen LogP contribution in [0.2, 0.25) is 0 Å². The molecule has 0 unspecified atom stereocenters. The summed E-state index contributed by atoms with van der Waals surface area (Å²) in [5.41, 5.74) is 9.71. The Hall–Kier alpha value is -2.81. The Morgan fingerprint density at radius 3 is 2.33 bits per heavy atom. The highest BCUT2D eigenvalue weighted by Gasteiger charge is 2.01. The van der Waals surface area contributed by atoms with Crippen molar-refractivity contribution in [3.63, 3.8) is 0 Å². The summed E-state index contributed by atoms with van der Waals surface area (Å²) in [5, 5.41) is 3.35. The highest BCUT2D eigenvalue weighted by Crippen LogP contribution is 2.20. The molecule has 3 aromatic rings. The van der Waals surface area contributed by atoms with Crippen molar-refractivity contribution >= 4 is 11.5 Å². The molecule has 0 radical (unpaired) electrons. The fraction of sp³-hybridized carbons (Fsp3) is 0.0556. The first-order chi connectivity index (χ1) is 10.3. The number of nitrogens with two attached hydrogens (primary N) is 1. The molecular weight excluding hydrogens is 258 g/mol. The summed E-state index contributed by atoms with van der Waals surface area (Å²) in [5.74, 6) is 0.869. The molecule has 1 heterocycles. The molecule has 0 bridgehead atoms. The third-order valence-electron chi connectivity index (χ3n) is 3.27. The zero-order valence-electron chi connectivity index (χ0n) is 11.7. The van der Waals surface area contributed by atoms with Gasteiger partial charge in [0.15, 0.2) is 0 Å². The Kier molecular flexibility index (Phi) is 3.83. The monoisotopic (exact) mass is 275 g/mol. The lowest BCUT2D eigenvalue weighted by molar-refractivity contribution is 1.11. The highest BCUT2D eigenvalue weighted by molar-refractivity contribution is 5.63. The second kappa shape index (κ2) is 6.09. The summed E-state index contributed by atoms with van der Waals surface area (Å²) in [6, 6.07) is 24.0. The van der Waals surface area contributed by atoms with E-state index in [1.807, 2.05) is 60.7 Å². The number of pyridine rings is 1. The molecule has 0 atom stereocenters. The molecule has 0 spiro atoms. The van der Waals surface area contributed by atoms with Crippen molar-refractivity contribution < 1.29 is 0 Å². The van der Waals surface area contributed by atoms with Crippen LogP contribution < -0.4 is 11.1 Å². The predicted octanol–water partition coefficient (Wildman–Crippen LogP) is 3.94. The van der Waals surface area contributed by atoms with Gasteiger partial charge in [0.05, 0.1) is 5.69 Å². The topological polar surface area (TPSA) is 50.9 Å². The van der Waals surface area contributed by atoms with Crippen molar-refractivity contribution in [2.24, 2.45) is 0 Å². The van der Waals surface area contributed by atoms with Gasteiger partial charge in [0, 0.05) is 17.8 Å². The minimum absolute atomic E-state index is 0.761. The van der Waals surface area contributed by atoms with Crippen molar-refractivity contribution in [2.75, 3.05) is 11.1 Å². The van der Waals surface area contributed by atoms with E-state index in [-0.39, 0.29) is 0 Å².